The number of hydrogen-bond acceptors (Lipinski definition) is 2. The lowest BCUT2D eigenvalue weighted by Crippen LogP contribution is -2.24. The average molecular weight is 457 g/mol. The molecule has 3 nitrogen and oxygen atoms in total. The van der Waals surface area contributed by atoms with Gasteiger partial charge in [0, 0.05) is 24.0 Å². The molecule has 0 bridgehead atoms. The molecule has 2 heterocycles. The molecule has 0 radical (unpaired) electrons. The van der Waals surface area contributed by atoms with Crippen molar-refractivity contribution in [2.45, 2.75) is 57.9 Å². The van der Waals surface area contributed by atoms with Gasteiger partial charge in [0.15, 0.2) is 0 Å². The third-order valence-corrected chi connectivity index (χ3v) is 7.90. The molecule has 1 aliphatic heterocycles. The number of halogens is 2. The van der Waals surface area contributed by atoms with Crippen molar-refractivity contribution < 1.29 is 4.74 Å². The van der Waals surface area contributed by atoms with Gasteiger partial charge in [0.2, 0.25) is 0 Å². The quantitative estimate of drug-likeness (QED) is 0.496. The van der Waals surface area contributed by atoms with Gasteiger partial charge in [-0.15, -0.1) is 0 Å². The Morgan fingerprint density at radius 2 is 1.87 bits per heavy atom. The van der Waals surface area contributed by atoms with Crippen LogP contribution in [0.5, 0.6) is 5.75 Å². The lowest BCUT2D eigenvalue weighted by Gasteiger charge is -2.33. The molecule has 0 saturated carbocycles. The Kier molecular flexibility index (Phi) is 5.70. The fraction of sp³-hybridized carbons (Fsp3) is 0.462. The van der Waals surface area contributed by atoms with Crippen molar-refractivity contribution in [1.29, 1.82) is 0 Å². The average Bonchev–Trinajstić information content (AvgIpc) is 2.88. The first-order valence-electron chi connectivity index (χ1n) is 11.4. The van der Waals surface area contributed by atoms with Crippen LogP contribution < -0.4 is 10.1 Å². The second kappa shape index (κ2) is 8.35. The first-order chi connectivity index (χ1) is 15.0. The molecule has 31 heavy (non-hydrogen) atoms. The highest BCUT2D eigenvalue weighted by Gasteiger charge is 2.29. The molecule has 2 aliphatic rings. The van der Waals surface area contributed by atoms with E-state index in [2.05, 4.69) is 48.0 Å². The van der Waals surface area contributed by atoms with Gasteiger partial charge in [0.25, 0.3) is 0 Å². The van der Waals surface area contributed by atoms with Crippen molar-refractivity contribution in [1.82, 2.24) is 9.88 Å². The lowest BCUT2D eigenvalue weighted by molar-refractivity contribution is 0.291. The van der Waals surface area contributed by atoms with Crippen LogP contribution in [0, 0.1) is 0 Å². The molecule has 0 amide bonds. The van der Waals surface area contributed by atoms with Gasteiger partial charge in [0.05, 0.1) is 22.1 Å². The largest absolute Gasteiger partial charge is 0.491 e. The second-order valence-electron chi connectivity index (χ2n) is 9.45. The van der Waals surface area contributed by atoms with Crippen LogP contribution in [-0.4, -0.2) is 24.3 Å². The van der Waals surface area contributed by atoms with Gasteiger partial charge < -0.3 is 14.6 Å². The second-order valence-corrected chi connectivity index (χ2v) is 10.2. The molecule has 0 spiro atoms. The molecular weight excluding hydrogens is 427 g/mol. The Labute approximate surface area is 194 Å². The van der Waals surface area contributed by atoms with E-state index in [1.165, 1.54) is 40.7 Å². The van der Waals surface area contributed by atoms with E-state index in [1.54, 1.807) is 0 Å². The molecule has 0 saturated heterocycles. The van der Waals surface area contributed by atoms with Gasteiger partial charge >= 0.3 is 0 Å². The summed E-state index contributed by atoms with van der Waals surface area (Å²) in [7, 11) is 0. The highest BCUT2D eigenvalue weighted by molar-refractivity contribution is 6.45. The predicted molar refractivity (Wildman–Crippen MR) is 130 cm³/mol. The minimum atomic E-state index is 0.226. The summed E-state index contributed by atoms with van der Waals surface area (Å²) in [6, 6.07) is 10.6. The van der Waals surface area contributed by atoms with Crippen LogP contribution in [0.15, 0.2) is 30.3 Å². The van der Waals surface area contributed by atoms with Crippen molar-refractivity contribution >= 4 is 34.1 Å². The summed E-state index contributed by atoms with van der Waals surface area (Å²) < 4.78 is 8.80. The third-order valence-electron chi connectivity index (χ3n) is 7.09. The SMILES string of the molecule is CC1(C)CCCc2c(OCCn3c4c(c5c(Cl)c(Cl)ccc53)CCNCC4)cccc21. The summed E-state index contributed by atoms with van der Waals surface area (Å²) in [5.74, 6) is 1.05. The van der Waals surface area contributed by atoms with Crippen LogP contribution in [0.4, 0.5) is 0 Å². The molecule has 5 heteroatoms. The van der Waals surface area contributed by atoms with Gasteiger partial charge in [-0.05, 0) is 72.5 Å². The highest BCUT2D eigenvalue weighted by Crippen LogP contribution is 2.41. The maximum atomic E-state index is 6.67. The Morgan fingerprint density at radius 3 is 2.74 bits per heavy atom. The van der Waals surface area contributed by atoms with Crippen molar-refractivity contribution in [3.05, 3.63) is 62.8 Å². The van der Waals surface area contributed by atoms with Crippen molar-refractivity contribution in [3.63, 3.8) is 0 Å². The van der Waals surface area contributed by atoms with Crippen molar-refractivity contribution in [3.8, 4) is 5.75 Å². The van der Waals surface area contributed by atoms with E-state index in [9.17, 15) is 0 Å². The molecule has 1 aromatic heterocycles. The summed E-state index contributed by atoms with van der Waals surface area (Å²) in [6.45, 7) is 8.09. The van der Waals surface area contributed by atoms with E-state index in [0.717, 1.165) is 50.0 Å². The summed E-state index contributed by atoms with van der Waals surface area (Å²) in [4.78, 5) is 0. The maximum Gasteiger partial charge on any atom is 0.122 e. The number of benzene rings is 2. The fourth-order valence-electron chi connectivity index (χ4n) is 5.54. The standard InChI is InChI=1S/C26H30Cl2N2O/c1-26(2)12-4-5-17-19(26)6-3-7-23(17)31-16-15-30-21-11-14-29-13-10-18(21)24-22(30)9-8-20(27)25(24)28/h3,6-9,29H,4-5,10-16H2,1-2H3. The molecule has 0 fully saturated rings. The van der Waals surface area contributed by atoms with E-state index in [4.69, 9.17) is 27.9 Å². The Morgan fingerprint density at radius 1 is 1.03 bits per heavy atom. The van der Waals surface area contributed by atoms with Crippen LogP contribution in [0.25, 0.3) is 10.9 Å². The first kappa shape index (κ1) is 21.2. The maximum absolute atomic E-state index is 6.67. The van der Waals surface area contributed by atoms with Crippen molar-refractivity contribution in [2.24, 2.45) is 0 Å². The van der Waals surface area contributed by atoms with E-state index < -0.39 is 0 Å². The summed E-state index contributed by atoms with van der Waals surface area (Å²) in [6.07, 6.45) is 5.54. The minimum absolute atomic E-state index is 0.226. The normalized spacial score (nSPS) is 17.8. The van der Waals surface area contributed by atoms with E-state index >= 15 is 0 Å². The highest BCUT2D eigenvalue weighted by atomic mass is 35.5. The van der Waals surface area contributed by atoms with Crippen LogP contribution in [0.2, 0.25) is 10.0 Å². The smallest absolute Gasteiger partial charge is 0.122 e. The van der Waals surface area contributed by atoms with E-state index in [1.807, 2.05) is 6.07 Å². The first-order valence-corrected chi connectivity index (χ1v) is 12.2. The van der Waals surface area contributed by atoms with Gasteiger partial charge in [-0.1, -0.05) is 49.2 Å². The predicted octanol–water partition coefficient (Wildman–Crippen LogP) is 6.33. The minimum Gasteiger partial charge on any atom is -0.491 e. The molecule has 0 atom stereocenters. The zero-order valence-electron chi connectivity index (χ0n) is 18.4. The number of nitrogens with zero attached hydrogens (tertiary/aromatic N) is 1. The number of aromatic nitrogens is 1. The van der Waals surface area contributed by atoms with Gasteiger partial charge in [0.1, 0.15) is 12.4 Å². The topological polar surface area (TPSA) is 26.2 Å². The molecule has 5 rings (SSSR count). The molecule has 0 unspecified atom stereocenters. The van der Waals surface area contributed by atoms with Gasteiger partial charge in [-0.2, -0.15) is 0 Å². The van der Waals surface area contributed by atoms with Crippen LogP contribution in [0.3, 0.4) is 0 Å². The number of fused-ring (bicyclic) bond motifs is 4. The third kappa shape index (κ3) is 3.75. The molecule has 1 aliphatic carbocycles. The number of ether oxygens (including phenoxy) is 1. The molecule has 164 valence electrons. The van der Waals surface area contributed by atoms with Gasteiger partial charge in [-0.25, -0.2) is 0 Å². The monoisotopic (exact) mass is 456 g/mol. The fourth-order valence-corrected chi connectivity index (χ4v) is 5.97. The number of nitrogens with one attached hydrogen (secondary N) is 1. The van der Waals surface area contributed by atoms with Crippen molar-refractivity contribution in [2.75, 3.05) is 19.7 Å². The van der Waals surface area contributed by atoms with Gasteiger partial charge in [-0.3, -0.25) is 0 Å². The lowest BCUT2D eigenvalue weighted by atomic mass is 9.72. The zero-order valence-corrected chi connectivity index (χ0v) is 19.9. The zero-order chi connectivity index (χ0) is 21.6. The van der Waals surface area contributed by atoms with Crippen LogP contribution >= 0.6 is 23.2 Å². The number of rotatable bonds is 4. The molecule has 1 N–H and O–H groups in total. The summed E-state index contributed by atoms with van der Waals surface area (Å²) >= 11 is 13.0. The summed E-state index contributed by atoms with van der Waals surface area (Å²) in [5, 5.41) is 5.93. The Bertz CT molecular complexity index is 1130. The van der Waals surface area contributed by atoms with Crippen LogP contribution in [0.1, 0.15) is 49.1 Å². The van der Waals surface area contributed by atoms with Crippen LogP contribution in [-0.2, 0) is 31.2 Å². The van der Waals surface area contributed by atoms with E-state index in [-0.39, 0.29) is 5.41 Å². The summed E-state index contributed by atoms with van der Waals surface area (Å²) in [5.41, 5.74) is 6.94. The molecular formula is C26H30Cl2N2O. The molecule has 3 aromatic rings. The van der Waals surface area contributed by atoms with E-state index in [0.29, 0.717) is 16.7 Å². The number of hydrogen-bond donors (Lipinski definition) is 1. The Balaban J connectivity index is 1.45. The molecule has 2 aromatic carbocycles. The Hall–Kier alpha value is -1.68.